The van der Waals surface area contributed by atoms with E-state index in [1.165, 1.54) is 12.1 Å². The lowest BCUT2D eigenvalue weighted by Crippen LogP contribution is -2.40. The van der Waals surface area contributed by atoms with Crippen molar-refractivity contribution in [1.82, 2.24) is 4.72 Å². The van der Waals surface area contributed by atoms with Crippen LogP contribution in [0.1, 0.15) is 38.7 Å². The van der Waals surface area contributed by atoms with Crippen LogP contribution in [0, 0.1) is 0 Å². The van der Waals surface area contributed by atoms with Crippen LogP contribution in [0.2, 0.25) is 0 Å². The van der Waals surface area contributed by atoms with Crippen molar-refractivity contribution in [1.29, 1.82) is 0 Å². The second-order valence-electron chi connectivity index (χ2n) is 4.69. The average molecular weight is 299 g/mol. The zero-order chi connectivity index (χ0) is 15.2. The molecule has 0 amide bonds. The quantitative estimate of drug-likeness (QED) is 0.770. The molecule has 2 N–H and O–H groups in total. The Balaban J connectivity index is 2.89. The first-order chi connectivity index (χ1) is 9.40. The highest BCUT2D eigenvalue weighted by molar-refractivity contribution is 7.89. The molecule has 1 rings (SSSR count). The highest BCUT2D eigenvalue weighted by atomic mass is 32.2. The van der Waals surface area contributed by atoms with Gasteiger partial charge in [0.2, 0.25) is 10.0 Å². The number of aliphatic carboxylic acids is 1. The van der Waals surface area contributed by atoms with Crippen molar-refractivity contribution in [2.24, 2.45) is 0 Å². The normalized spacial score (nSPS) is 13.1. The Morgan fingerprint density at radius 2 is 1.80 bits per heavy atom. The van der Waals surface area contributed by atoms with E-state index in [-0.39, 0.29) is 11.3 Å². The molecular weight excluding hydrogens is 278 g/mol. The minimum absolute atomic E-state index is 0.0970. The summed E-state index contributed by atoms with van der Waals surface area (Å²) in [6, 6.07) is 5.46. The van der Waals surface area contributed by atoms with Gasteiger partial charge in [-0.1, -0.05) is 38.8 Å². The molecule has 0 aromatic heterocycles. The van der Waals surface area contributed by atoms with E-state index in [4.69, 9.17) is 5.11 Å². The number of benzene rings is 1. The predicted molar refractivity (Wildman–Crippen MR) is 77.1 cm³/mol. The number of aryl methyl sites for hydroxylation is 1. The largest absolute Gasteiger partial charge is 0.480 e. The summed E-state index contributed by atoms with van der Waals surface area (Å²) in [6.45, 7) is 3.86. The van der Waals surface area contributed by atoms with Crippen LogP contribution in [0.15, 0.2) is 29.2 Å². The molecule has 5 nitrogen and oxygen atoms in total. The Hall–Kier alpha value is -1.40. The van der Waals surface area contributed by atoms with Gasteiger partial charge in [-0.2, -0.15) is 4.72 Å². The molecule has 1 atom stereocenters. The molecule has 1 aromatic carbocycles. The lowest BCUT2D eigenvalue weighted by atomic mass is 10.1. The minimum atomic E-state index is -3.79. The molecule has 0 bridgehead atoms. The van der Waals surface area contributed by atoms with E-state index in [0.29, 0.717) is 6.42 Å². The number of sulfonamides is 1. The maximum Gasteiger partial charge on any atom is 0.321 e. The predicted octanol–water partition coefficient (Wildman–Crippen LogP) is 2.17. The molecule has 0 unspecified atom stereocenters. The standard InChI is InChI=1S/C14H21NO4S/c1-3-5-11-7-9-12(10-8-11)20(18,19)15-13(6-4-2)14(16)17/h7-10,13,15H,3-6H2,1-2H3,(H,16,17)/t13-/m0/s1. The van der Waals surface area contributed by atoms with Gasteiger partial charge in [0.1, 0.15) is 6.04 Å². The number of nitrogens with one attached hydrogen (secondary N) is 1. The van der Waals surface area contributed by atoms with Crippen LogP contribution in [0.3, 0.4) is 0 Å². The zero-order valence-electron chi connectivity index (χ0n) is 11.8. The van der Waals surface area contributed by atoms with E-state index in [0.717, 1.165) is 18.4 Å². The van der Waals surface area contributed by atoms with Crippen LogP contribution in [-0.4, -0.2) is 25.5 Å². The molecule has 0 spiro atoms. The summed E-state index contributed by atoms with van der Waals surface area (Å²) < 4.78 is 26.5. The van der Waals surface area contributed by atoms with Gasteiger partial charge in [-0.3, -0.25) is 4.79 Å². The van der Waals surface area contributed by atoms with Crippen molar-refractivity contribution in [3.63, 3.8) is 0 Å². The third-order valence-corrected chi connectivity index (χ3v) is 4.43. The lowest BCUT2D eigenvalue weighted by molar-refractivity contribution is -0.139. The molecule has 1 aromatic rings. The first kappa shape index (κ1) is 16.7. The van der Waals surface area contributed by atoms with Crippen molar-refractivity contribution in [2.75, 3.05) is 0 Å². The number of hydrogen-bond acceptors (Lipinski definition) is 3. The van der Waals surface area contributed by atoms with Crippen molar-refractivity contribution >= 4 is 16.0 Å². The molecule has 0 fully saturated rings. The first-order valence-corrected chi connectivity index (χ1v) is 8.23. The van der Waals surface area contributed by atoms with Crippen molar-refractivity contribution in [3.05, 3.63) is 29.8 Å². The van der Waals surface area contributed by atoms with Gasteiger partial charge < -0.3 is 5.11 Å². The third kappa shape index (κ3) is 4.61. The van der Waals surface area contributed by atoms with E-state index >= 15 is 0 Å². The fraction of sp³-hybridized carbons (Fsp3) is 0.500. The Bertz CT molecular complexity index is 537. The van der Waals surface area contributed by atoms with E-state index in [2.05, 4.69) is 11.6 Å². The molecule has 112 valence electrons. The topological polar surface area (TPSA) is 83.5 Å². The number of carbonyl (C=O) groups is 1. The summed E-state index contributed by atoms with van der Waals surface area (Å²) >= 11 is 0. The molecule has 0 aliphatic heterocycles. The molecule has 0 aliphatic rings. The van der Waals surface area contributed by atoms with Crippen LogP contribution in [0.5, 0.6) is 0 Å². The molecule has 0 saturated heterocycles. The van der Waals surface area contributed by atoms with Crippen LogP contribution in [0.25, 0.3) is 0 Å². The second kappa shape index (κ2) is 7.40. The lowest BCUT2D eigenvalue weighted by Gasteiger charge is -2.14. The Morgan fingerprint density at radius 1 is 1.20 bits per heavy atom. The van der Waals surface area contributed by atoms with Crippen LogP contribution in [0.4, 0.5) is 0 Å². The molecule has 0 aliphatic carbocycles. The van der Waals surface area contributed by atoms with Crippen molar-refractivity contribution in [3.8, 4) is 0 Å². The van der Waals surface area contributed by atoms with Gasteiger partial charge in [-0.05, 0) is 30.5 Å². The first-order valence-electron chi connectivity index (χ1n) is 6.74. The number of carboxylic acid groups (broad SMARTS) is 1. The summed E-state index contributed by atoms with van der Waals surface area (Å²) in [4.78, 5) is 11.1. The summed E-state index contributed by atoms with van der Waals surface area (Å²) in [5.74, 6) is -1.15. The highest BCUT2D eigenvalue weighted by Gasteiger charge is 2.24. The molecular formula is C14H21NO4S. The molecule has 0 radical (unpaired) electrons. The summed E-state index contributed by atoms with van der Waals surface area (Å²) in [7, 11) is -3.79. The Kier molecular flexibility index (Phi) is 6.16. The van der Waals surface area contributed by atoms with E-state index < -0.39 is 22.0 Å². The monoisotopic (exact) mass is 299 g/mol. The molecule has 20 heavy (non-hydrogen) atoms. The van der Waals surface area contributed by atoms with Gasteiger partial charge in [0.15, 0.2) is 0 Å². The van der Waals surface area contributed by atoms with Crippen LogP contribution in [-0.2, 0) is 21.2 Å². The third-order valence-electron chi connectivity index (χ3n) is 2.95. The molecule has 0 saturated carbocycles. The second-order valence-corrected chi connectivity index (χ2v) is 6.41. The Morgan fingerprint density at radius 3 is 2.25 bits per heavy atom. The average Bonchev–Trinajstić information content (AvgIpc) is 2.39. The van der Waals surface area contributed by atoms with E-state index in [1.807, 2.05) is 6.92 Å². The van der Waals surface area contributed by atoms with Crippen molar-refractivity contribution in [2.45, 2.75) is 50.5 Å². The SMILES string of the molecule is CCCc1ccc(S(=O)(=O)N[C@@H](CCC)C(=O)O)cc1. The van der Waals surface area contributed by atoms with Gasteiger partial charge in [-0.25, -0.2) is 8.42 Å². The van der Waals surface area contributed by atoms with Gasteiger partial charge in [0.05, 0.1) is 4.90 Å². The maximum absolute atomic E-state index is 12.1. The number of carboxylic acids is 1. The van der Waals surface area contributed by atoms with E-state index in [1.54, 1.807) is 12.1 Å². The number of hydrogen-bond donors (Lipinski definition) is 2. The van der Waals surface area contributed by atoms with Crippen LogP contribution < -0.4 is 4.72 Å². The zero-order valence-corrected chi connectivity index (χ0v) is 12.6. The summed E-state index contributed by atoms with van der Waals surface area (Å²) in [5.41, 5.74) is 1.06. The smallest absolute Gasteiger partial charge is 0.321 e. The van der Waals surface area contributed by atoms with Gasteiger partial charge in [0.25, 0.3) is 0 Å². The molecule has 0 heterocycles. The van der Waals surface area contributed by atoms with Crippen LogP contribution >= 0.6 is 0 Å². The van der Waals surface area contributed by atoms with Gasteiger partial charge in [-0.15, -0.1) is 0 Å². The summed E-state index contributed by atoms with van der Waals surface area (Å²) in [6.07, 6.45) is 2.74. The fourth-order valence-electron chi connectivity index (χ4n) is 1.90. The maximum atomic E-state index is 12.1. The number of rotatable bonds is 8. The van der Waals surface area contributed by atoms with E-state index in [9.17, 15) is 13.2 Å². The molecule has 6 heteroatoms. The van der Waals surface area contributed by atoms with Crippen molar-refractivity contribution < 1.29 is 18.3 Å². The van der Waals surface area contributed by atoms with Gasteiger partial charge >= 0.3 is 5.97 Å². The fourth-order valence-corrected chi connectivity index (χ4v) is 3.12. The highest BCUT2D eigenvalue weighted by Crippen LogP contribution is 2.13. The Labute approximate surface area is 120 Å². The van der Waals surface area contributed by atoms with Gasteiger partial charge in [0, 0.05) is 0 Å². The minimum Gasteiger partial charge on any atom is -0.480 e. The summed E-state index contributed by atoms with van der Waals surface area (Å²) in [5, 5.41) is 9.00.